The van der Waals surface area contributed by atoms with Gasteiger partial charge in [-0.3, -0.25) is 9.69 Å². The van der Waals surface area contributed by atoms with Crippen LogP contribution in [0.2, 0.25) is 5.02 Å². The number of halogens is 1. The Balaban J connectivity index is 1.87. The van der Waals surface area contributed by atoms with Gasteiger partial charge < -0.3 is 10.2 Å². The number of nitrogens with one attached hydrogen (secondary N) is 1. The van der Waals surface area contributed by atoms with Gasteiger partial charge in [0.05, 0.1) is 6.04 Å². The van der Waals surface area contributed by atoms with Gasteiger partial charge in [0.15, 0.2) is 0 Å². The number of amides is 1. The topological polar surface area (TPSA) is 35.6 Å². The molecule has 0 spiro atoms. The van der Waals surface area contributed by atoms with E-state index in [1.807, 2.05) is 23.1 Å². The summed E-state index contributed by atoms with van der Waals surface area (Å²) in [4.78, 5) is 17.4. The van der Waals surface area contributed by atoms with Crippen molar-refractivity contribution in [1.29, 1.82) is 0 Å². The van der Waals surface area contributed by atoms with E-state index in [2.05, 4.69) is 30.1 Å². The van der Waals surface area contributed by atoms with Gasteiger partial charge in [0.1, 0.15) is 0 Å². The first-order valence-corrected chi connectivity index (χ1v) is 8.98. The minimum atomic E-state index is -0.0190. The van der Waals surface area contributed by atoms with Crippen LogP contribution in [0.3, 0.4) is 0 Å². The number of nitrogens with zero attached hydrogens (tertiary/aromatic N) is 2. The van der Waals surface area contributed by atoms with Gasteiger partial charge in [-0.05, 0) is 38.3 Å². The summed E-state index contributed by atoms with van der Waals surface area (Å²) in [7, 11) is 0. The number of piperazine rings is 1. The maximum absolute atomic E-state index is 13.0. The van der Waals surface area contributed by atoms with E-state index in [0.29, 0.717) is 0 Å². The zero-order valence-electron chi connectivity index (χ0n) is 14.0. The quantitative estimate of drug-likeness (QED) is 0.922. The van der Waals surface area contributed by atoms with Gasteiger partial charge in [0.2, 0.25) is 5.91 Å². The van der Waals surface area contributed by atoms with Crippen molar-refractivity contribution in [1.82, 2.24) is 15.1 Å². The minimum Gasteiger partial charge on any atom is -0.339 e. The first kappa shape index (κ1) is 16.7. The minimum absolute atomic E-state index is 0.0190. The van der Waals surface area contributed by atoms with E-state index in [9.17, 15) is 4.79 Å². The molecule has 1 aromatic carbocycles. The summed E-state index contributed by atoms with van der Waals surface area (Å²) in [6.07, 6.45) is 2.02. The summed E-state index contributed by atoms with van der Waals surface area (Å²) in [5.74, 6) is 0.283. The van der Waals surface area contributed by atoms with Crippen molar-refractivity contribution in [3.63, 3.8) is 0 Å². The van der Waals surface area contributed by atoms with Crippen molar-refractivity contribution < 1.29 is 4.79 Å². The molecule has 1 amide bonds. The highest BCUT2D eigenvalue weighted by molar-refractivity contribution is 6.31. The summed E-state index contributed by atoms with van der Waals surface area (Å²) in [6.45, 7) is 7.74. The molecule has 5 heteroatoms. The van der Waals surface area contributed by atoms with E-state index >= 15 is 0 Å². The Morgan fingerprint density at radius 1 is 1.22 bits per heavy atom. The zero-order chi connectivity index (χ0) is 16.4. The predicted octanol–water partition coefficient (Wildman–Crippen LogP) is 2.69. The molecule has 4 nitrogen and oxygen atoms in total. The second kappa shape index (κ2) is 7.20. The largest absolute Gasteiger partial charge is 0.339 e. The second-order valence-corrected chi connectivity index (χ2v) is 7.17. The Morgan fingerprint density at radius 3 is 2.74 bits per heavy atom. The van der Waals surface area contributed by atoms with Crippen LogP contribution >= 0.6 is 11.6 Å². The lowest BCUT2D eigenvalue weighted by Crippen LogP contribution is -2.59. The average molecular weight is 336 g/mol. The number of carbonyl (C=O) groups is 1. The van der Waals surface area contributed by atoms with Crippen molar-refractivity contribution in [3.8, 4) is 0 Å². The van der Waals surface area contributed by atoms with Crippen molar-refractivity contribution >= 4 is 17.5 Å². The molecule has 0 saturated carbocycles. The fourth-order valence-corrected chi connectivity index (χ4v) is 4.09. The van der Waals surface area contributed by atoms with Crippen LogP contribution in [0.4, 0.5) is 0 Å². The molecule has 0 aromatic heterocycles. The van der Waals surface area contributed by atoms with Gasteiger partial charge in [-0.2, -0.15) is 0 Å². The third kappa shape index (κ3) is 3.39. The molecule has 1 N–H and O–H groups in total. The van der Waals surface area contributed by atoms with Crippen molar-refractivity contribution in [2.24, 2.45) is 0 Å². The van der Waals surface area contributed by atoms with Crippen molar-refractivity contribution in [2.75, 3.05) is 26.2 Å². The van der Waals surface area contributed by atoms with E-state index in [1.54, 1.807) is 0 Å². The molecule has 0 aliphatic carbocycles. The van der Waals surface area contributed by atoms with Crippen LogP contribution in [0.1, 0.15) is 38.3 Å². The van der Waals surface area contributed by atoms with Crippen molar-refractivity contribution in [3.05, 3.63) is 34.9 Å². The molecule has 2 saturated heterocycles. The number of likely N-dealkylation sites (tertiary alicyclic amines) is 1. The number of carbonyl (C=O) groups excluding carboxylic acids is 1. The second-order valence-electron chi connectivity index (χ2n) is 6.76. The Morgan fingerprint density at radius 2 is 2.00 bits per heavy atom. The van der Waals surface area contributed by atoms with Gasteiger partial charge in [0, 0.05) is 43.3 Å². The normalized spacial score (nSPS) is 26.8. The number of piperidine rings is 1. The smallest absolute Gasteiger partial charge is 0.240 e. The van der Waals surface area contributed by atoms with Gasteiger partial charge in [-0.25, -0.2) is 0 Å². The summed E-state index contributed by atoms with van der Waals surface area (Å²) < 4.78 is 0. The standard InChI is InChI=1S/C18H26ClN3O/c1-13(2)21-10-5-8-16(18(21)23)22-11-9-20-12-17(22)14-6-3-4-7-15(14)19/h3-4,6-7,13,16-17,20H,5,8-12H2,1-2H3. The van der Waals surface area contributed by atoms with E-state index < -0.39 is 0 Å². The van der Waals surface area contributed by atoms with Gasteiger partial charge in [-0.15, -0.1) is 0 Å². The Kier molecular flexibility index (Phi) is 5.24. The molecular formula is C18H26ClN3O. The van der Waals surface area contributed by atoms with Crippen LogP contribution in [0.15, 0.2) is 24.3 Å². The highest BCUT2D eigenvalue weighted by Gasteiger charge is 2.39. The third-order valence-electron chi connectivity index (χ3n) is 5.02. The van der Waals surface area contributed by atoms with Crippen molar-refractivity contribution in [2.45, 2.75) is 44.8 Å². The molecule has 2 unspecified atom stereocenters. The number of rotatable bonds is 3. The summed E-state index contributed by atoms with van der Waals surface area (Å²) in [6, 6.07) is 8.42. The van der Waals surface area contributed by atoms with E-state index in [1.165, 1.54) is 0 Å². The molecule has 2 aliphatic heterocycles. The SMILES string of the molecule is CC(C)N1CCCC(N2CCNCC2c2ccccc2Cl)C1=O. The van der Waals surface area contributed by atoms with Gasteiger partial charge in [0.25, 0.3) is 0 Å². The first-order chi connectivity index (χ1) is 11.1. The van der Waals surface area contributed by atoms with Crippen LogP contribution in [-0.4, -0.2) is 54.0 Å². The van der Waals surface area contributed by atoms with E-state index in [0.717, 1.165) is 49.6 Å². The molecule has 1 aromatic rings. The maximum atomic E-state index is 13.0. The van der Waals surface area contributed by atoms with Crippen LogP contribution in [0, 0.1) is 0 Å². The first-order valence-electron chi connectivity index (χ1n) is 8.61. The van der Waals surface area contributed by atoms with Gasteiger partial charge >= 0.3 is 0 Å². The molecule has 0 bridgehead atoms. The van der Waals surface area contributed by atoms with Crippen LogP contribution in [0.25, 0.3) is 0 Å². The van der Waals surface area contributed by atoms with Crippen LogP contribution < -0.4 is 5.32 Å². The Bertz CT molecular complexity index is 563. The molecule has 3 rings (SSSR count). The maximum Gasteiger partial charge on any atom is 0.240 e. The zero-order valence-corrected chi connectivity index (χ0v) is 14.7. The summed E-state index contributed by atoms with van der Waals surface area (Å²) in [5.41, 5.74) is 1.12. The molecule has 2 fully saturated rings. The van der Waals surface area contributed by atoms with Crippen LogP contribution in [0.5, 0.6) is 0 Å². The Labute approximate surface area is 143 Å². The third-order valence-corrected chi connectivity index (χ3v) is 5.36. The predicted molar refractivity (Wildman–Crippen MR) is 93.6 cm³/mol. The van der Waals surface area contributed by atoms with E-state index in [4.69, 9.17) is 11.6 Å². The monoisotopic (exact) mass is 335 g/mol. The fourth-order valence-electron chi connectivity index (χ4n) is 3.83. The lowest BCUT2D eigenvalue weighted by atomic mass is 9.95. The highest BCUT2D eigenvalue weighted by Crippen LogP contribution is 2.32. The Hall–Kier alpha value is -1.10. The number of hydrogen-bond acceptors (Lipinski definition) is 3. The molecule has 2 aliphatic rings. The summed E-state index contributed by atoms with van der Waals surface area (Å²) >= 11 is 6.43. The number of benzene rings is 1. The fraction of sp³-hybridized carbons (Fsp3) is 0.611. The molecular weight excluding hydrogens is 310 g/mol. The average Bonchev–Trinajstić information content (AvgIpc) is 2.55. The lowest BCUT2D eigenvalue weighted by molar-refractivity contribution is -0.143. The van der Waals surface area contributed by atoms with E-state index in [-0.39, 0.29) is 24.0 Å². The molecule has 0 radical (unpaired) electrons. The molecule has 126 valence electrons. The lowest BCUT2D eigenvalue weighted by Gasteiger charge is -2.45. The molecule has 23 heavy (non-hydrogen) atoms. The highest BCUT2D eigenvalue weighted by atomic mass is 35.5. The number of hydrogen-bond donors (Lipinski definition) is 1. The molecule has 2 atom stereocenters. The van der Waals surface area contributed by atoms with Gasteiger partial charge in [-0.1, -0.05) is 29.8 Å². The summed E-state index contributed by atoms with van der Waals surface area (Å²) in [5, 5.41) is 4.24. The molecule has 2 heterocycles. The van der Waals surface area contributed by atoms with Crippen LogP contribution in [-0.2, 0) is 4.79 Å².